The average Bonchev–Trinajstić information content (AvgIpc) is 3.49. The number of nitrogens with one attached hydrogen (secondary N) is 1. The lowest BCUT2D eigenvalue weighted by molar-refractivity contribution is 0.163. The van der Waals surface area contributed by atoms with Gasteiger partial charge in [0, 0.05) is 29.4 Å². The van der Waals surface area contributed by atoms with Crippen molar-refractivity contribution in [2.45, 2.75) is 39.0 Å². The fourth-order valence-corrected chi connectivity index (χ4v) is 4.11. The molecule has 11 nitrogen and oxygen atoms in total. The molecule has 0 unspecified atom stereocenters. The lowest BCUT2D eigenvalue weighted by Crippen LogP contribution is -2.34. The van der Waals surface area contributed by atoms with Gasteiger partial charge in [0.15, 0.2) is 0 Å². The number of rotatable bonds is 8. The standard InChI is InChI=1S/C25H25FN10O/c1-25(2,36-16-31-33-34-36)14-37-23-6-4-19(12-28-23)32-24-21-7-8-35(13-22(21)29-15-30-24)20-5-3-17(11-27)18(9-20)10-26/h3-6,9,12,15-16H,7-8,10,13-14H2,1-2H3,(H,29,30,32). The van der Waals surface area contributed by atoms with Crippen molar-refractivity contribution in [1.82, 2.24) is 35.2 Å². The van der Waals surface area contributed by atoms with Gasteiger partial charge in [-0.25, -0.2) is 24.0 Å². The van der Waals surface area contributed by atoms with Gasteiger partial charge in [-0.2, -0.15) is 5.26 Å². The predicted molar refractivity (Wildman–Crippen MR) is 133 cm³/mol. The quantitative estimate of drug-likeness (QED) is 0.384. The van der Waals surface area contributed by atoms with Gasteiger partial charge in [-0.3, -0.25) is 0 Å². The Hall–Kier alpha value is -4.66. The van der Waals surface area contributed by atoms with Crippen molar-refractivity contribution < 1.29 is 9.13 Å². The number of halogens is 1. The van der Waals surface area contributed by atoms with E-state index in [1.54, 1.807) is 35.4 Å². The molecule has 1 N–H and O–H groups in total. The van der Waals surface area contributed by atoms with E-state index >= 15 is 0 Å². The van der Waals surface area contributed by atoms with Gasteiger partial charge in [-0.1, -0.05) is 0 Å². The van der Waals surface area contributed by atoms with Gasteiger partial charge < -0.3 is 15.0 Å². The maximum Gasteiger partial charge on any atom is 0.213 e. The summed E-state index contributed by atoms with van der Waals surface area (Å²) in [6.45, 7) is 4.90. The van der Waals surface area contributed by atoms with E-state index in [4.69, 9.17) is 10.00 Å². The molecule has 37 heavy (non-hydrogen) atoms. The summed E-state index contributed by atoms with van der Waals surface area (Å²) in [5, 5.41) is 23.8. The van der Waals surface area contributed by atoms with Crippen LogP contribution in [0.1, 0.15) is 36.2 Å². The smallest absolute Gasteiger partial charge is 0.213 e. The summed E-state index contributed by atoms with van der Waals surface area (Å²) < 4.78 is 20.9. The summed E-state index contributed by atoms with van der Waals surface area (Å²) in [4.78, 5) is 15.5. The molecule has 0 saturated carbocycles. The first kappa shape index (κ1) is 24.1. The van der Waals surface area contributed by atoms with Crippen molar-refractivity contribution in [3.05, 3.63) is 71.6 Å². The molecule has 0 amide bonds. The van der Waals surface area contributed by atoms with Crippen LogP contribution in [0.5, 0.6) is 5.88 Å². The Morgan fingerprint density at radius 1 is 1.19 bits per heavy atom. The van der Waals surface area contributed by atoms with Crippen molar-refractivity contribution in [3.8, 4) is 11.9 Å². The minimum atomic E-state index is -0.674. The third-order valence-corrected chi connectivity index (χ3v) is 6.27. The maximum absolute atomic E-state index is 13.4. The Labute approximate surface area is 213 Å². The van der Waals surface area contributed by atoms with E-state index in [-0.39, 0.29) is 0 Å². The van der Waals surface area contributed by atoms with Crippen LogP contribution < -0.4 is 15.0 Å². The first-order valence-corrected chi connectivity index (χ1v) is 11.7. The van der Waals surface area contributed by atoms with E-state index in [2.05, 4.69) is 40.7 Å². The highest BCUT2D eigenvalue weighted by molar-refractivity contribution is 5.62. The molecule has 0 saturated heterocycles. The van der Waals surface area contributed by atoms with E-state index < -0.39 is 12.2 Å². The van der Waals surface area contributed by atoms with Crippen molar-refractivity contribution >= 4 is 17.2 Å². The van der Waals surface area contributed by atoms with Gasteiger partial charge in [-0.05, 0) is 55.0 Å². The normalized spacial score (nSPS) is 13.1. The number of tetrazole rings is 1. The van der Waals surface area contributed by atoms with E-state index in [1.165, 1.54) is 6.33 Å². The number of aromatic nitrogens is 7. The SMILES string of the molecule is CC(C)(COc1ccc(Nc2ncnc3c2CCN(c2ccc(C#N)c(CF)c2)C3)cn1)n1cnnn1. The molecule has 1 aliphatic heterocycles. The molecule has 0 spiro atoms. The first-order chi connectivity index (χ1) is 18.0. The number of anilines is 3. The lowest BCUT2D eigenvalue weighted by atomic mass is 10.0. The van der Waals surface area contributed by atoms with Gasteiger partial charge in [0.2, 0.25) is 5.88 Å². The van der Waals surface area contributed by atoms with E-state index in [9.17, 15) is 4.39 Å². The fraction of sp³-hybridized carbons (Fsp3) is 0.320. The van der Waals surface area contributed by atoms with Gasteiger partial charge in [-0.15, -0.1) is 5.10 Å². The lowest BCUT2D eigenvalue weighted by Gasteiger charge is -2.31. The van der Waals surface area contributed by atoms with Crippen LogP contribution in [0.3, 0.4) is 0 Å². The second-order valence-electron chi connectivity index (χ2n) is 9.27. The molecule has 4 aromatic rings. The van der Waals surface area contributed by atoms with Crippen molar-refractivity contribution in [3.63, 3.8) is 0 Å². The molecular weight excluding hydrogens is 475 g/mol. The number of alkyl halides is 1. The monoisotopic (exact) mass is 500 g/mol. The van der Waals surface area contributed by atoms with Gasteiger partial charge in [0.05, 0.1) is 41.3 Å². The molecule has 0 bridgehead atoms. The molecule has 188 valence electrons. The molecular formula is C25H25FN10O. The number of fused-ring (bicyclic) bond motifs is 1. The van der Waals surface area contributed by atoms with Crippen LogP contribution in [0.2, 0.25) is 0 Å². The molecule has 5 rings (SSSR count). The zero-order chi connectivity index (χ0) is 25.8. The number of hydrogen-bond donors (Lipinski definition) is 1. The van der Waals surface area contributed by atoms with Gasteiger partial charge >= 0.3 is 0 Å². The van der Waals surface area contributed by atoms with Crippen LogP contribution in [0.15, 0.2) is 49.2 Å². The number of hydrogen-bond acceptors (Lipinski definition) is 10. The van der Waals surface area contributed by atoms with Gasteiger partial charge in [0.1, 0.15) is 31.8 Å². The molecule has 0 fully saturated rings. The number of nitrogens with zero attached hydrogens (tertiary/aromatic N) is 9. The van der Waals surface area contributed by atoms with Crippen molar-refractivity contribution in [2.75, 3.05) is 23.4 Å². The summed E-state index contributed by atoms with van der Waals surface area (Å²) >= 11 is 0. The maximum atomic E-state index is 13.4. The number of ether oxygens (including phenoxy) is 1. The zero-order valence-corrected chi connectivity index (χ0v) is 20.5. The van der Waals surface area contributed by atoms with Crippen LogP contribution in [0, 0.1) is 11.3 Å². The summed E-state index contributed by atoms with van der Waals surface area (Å²) in [5.41, 5.74) is 3.90. The van der Waals surface area contributed by atoms with Crippen LogP contribution in [0.25, 0.3) is 0 Å². The van der Waals surface area contributed by atoms with Crippen LogP contribution >= 0.6 is 0 Å². The number of benzene rings is 1. The van der Waals surface area contributed by atoms with Crippen LogP contribution in [0.4, 0.5) is 21.6 Å². The average molecular weight is 501 g/mol. The highest BCUT2D eigenvalue weighted by Crippen LogP contribution is 2.29. The number of pyridine rings is 1. The predicted octanol–water partition coefficient (Wildman–Crippen LogP) is 3.32. The summed E-state index contributed by atoms with van der Waals surface area (Å²) in [6, 6.07) is 11.0. The molecule has 4 heterocycles. The molecule has 0 atom stereocenters. The number of nitriles is 1. The molecule has 1 aromatic carbocycles. The molecule has 3 aromatic heterocycles. The Kier molecular flexibility index (Phi) is 6.59. The largest absolute Gasteiger partial charge is 0.475 e. The minimum Gasteiger partial charge on any atom is -0.475 e. The second kappa shape index (κ2) is 10.1. The summed E-state index contributed by atoms with van der Waals surface area (Å²) in [7, 11) is 0. The van der Waals surface area contributed by atoms with Gasteiger partial charge in [0.25, 0.3) is 0 Å². The summed E-state index contributed by atoms with van der Waals surface area (Å²) in [5.74, 6) is 1.21. The molecule has 12 heteroatoms. The third-order valence-electron chi connectivity index (χ3n) is 6.27. The topological polar surface area (TPSA) is 131 Å². The van der Waals surface area contributed by atoms with Crippen LogP contribution in [-0.2, 0) is 25.2 Å². The Morgan fingerprint density at radius 3 is 2.81 bits per heavy atom. The van der Waals surface area contributed by atoms with Crippen LogP contribution in [-0.4, -0.2) is 48.3 Å². The minimum absolute atomic E-state index is 0.347. The van der Waals surface area contributed by atoms with E-state index in [1.807, 2.05) is 32.0 Å². The highest BCUT2D eigenvalue weighted by atomic mass is 19.1. The zero-order valence-electron chi connectivity index (χ0n) is 20.5. The first-order valence-electron chi connectivity index (χ1n) is 11.7. The van der Waals surface area contributed by atoms with E-state index in [0.717, 1.165) is 35.0 Å². The Balaban J connectivity index is 1.25. The van der Waals surface area contributed by atoms with E-state index in [0.29, 0.717) is 36.6 Å². The van der Waals surface area contributed by atoms with Crippen molar-refractivity contribution in [1.29, 1.82) is 5.26 Å². The Bertz CT molecular complexity index is 1420. The molecule has 0 radical (unpaired) electrons. The third kappa shape index (κ3) is 5.16. The fourth-order valence-electron chi connectivity index (χ4n) is 4.11. The van der Waals surface area contributed by atoms with Crippen molar-refractivity contribution in [2.24, 2.45) is 0 Å². The second-order valence-corrected chi connectivity index (χ2v) is 9.27. The molecule has 0 aliphatic carbocycles. The molecule has 1 aliphatic rings. The Morgan fingerprint density at radius 2 is 2.08 bits per heavy atom. The highest BCUT2D eigenvalue weighted by Gasteiger charge is 2.24. The summed E-state index contributed by atoms with van der Waals surface area (Å²) in [6.07, 6.45) is 5.49.